The molecule has 0 aromatic carbocycles. The van der Waals surface area contributed by atoms with Gasteiger partial charge in [0.2, 0.25) is 0 Å². The first-order valence-corrected chi connectivity index (χ1v) is 26.2. The highest BCUT2D eigenvalue weighted by Gasteiger charge is 2.19. The summed E-state index contributed by atoms with van der Waals surface area (Å²) in [5.74, 6) is -1.02. The molecule has 0 heterocycles. The smallest absolute Gasteiger partial charge is 0.306 e. The van der Waals surface area contributed by atoms with Crippen LogP contribution >= 0.6 is 0 Å². The first-order valence-electron chi connectivity index (χ1n) is 26.2. The van der Waals surface area contributed by atoms with Crippen LogP contribution in [0.1, 0.15) is 233 Å². The molecular weight excluding hydrogens is 793 g/mol. The summed E-state index contributed by atoms with van der Waals surface area (Å²) in [6.07, 6.45) is 68.3. The normalized spacial score (nSPS) is 12.9. The van der Waals surface area contributed by atoms with E-state index >= 15 is 0 Å². The molecule has 0 amide bonds. The summed E-state index contributed by atoms with van der Waals surface area (Å²) in [6.45, 7) is 6.32. The molecule has 0 spiro atoms. The highest BCUT2D eigenvalue weighted by molar-refractivity contribution is 5.71. The minimum atomic E-state index is -0.815. The number of allylic oxidation sites excluding steroid dienone is 16. The Morgan fingerprint density at radius 1 is 0.328 bits per heavy atom. The highest BCUT2D eigenvalue weighted by atomic mass is 16.6. The minimum Gasteiger partial charge on any atom is -0.462 e. The van der Waals surface area contributed by atoms with Crippen LogP contribution in [0.4, 0.5) is 0 Å². The van der Waals surface area contributed by atoms with Crippen LogP contribution in [0.15, 0.2) is 97.2 Å². The molecule has 0 bridgehead atoms. The lowest BCUT2D eigenvalue weighted by atomic mass is 10.0. The largest absolute Gasteiger partial charge is 0.462 e. The van der Waals surface area contributed by atoms with Crippen molar-refractivity contribution in [3.05, 3.63) is 97.2 Å². The van der Waals surface area contributed by atoms with E-state index in [9.17, 15) is 14.4 Å². The van der Waals surface area contributed by atoms with E-state index in [1.165, 1.54) is 83.5 Å². The molecule has 0 aliphatic heterocycles. The zero-order valence-corrected chi connectivity index (χ0v) is 41.5. The van der Waals surface area contributed by atoms with Crippen LogP contribution in [0.25, 0.3) is 0 Å². The predicted octanol–water partition coefficient (Wildman–Crippen LogP) is 17.4. The Labute approximate surface area is 394 Å². The van der Waals surface area contributed by atoms with E-state index < -0.39 is 6.10 Å². The van der Waals surface area contributed by atoms with Crippen LogP contribution in [-0.4, -0.2) is 37.2 Å². The van der Waals surface area contributed by atoms with E-state index in [0.717, 1.165) is 103 Å². The van der Waals surface area contributed by atoms with Crippen molar-refractivity contribution in [2.24, 2.45) is 0 Å². The maximum Gasteiger partial charge on any atom is 0.306 e. The van der Waals surface area contributed by atoms with E-state index in [1.807, 2.05) is 12.2 Å². The van der Waals surface area contributed by atoms with Crippen molar-refractivity contribution >= 4 is 17.9 Å². The van der Waals surface area contributed by atoms with Crippen molar-refractivity contribution in [3.8, 4) is 0 Å². The average molecular weight is 889 g/mol. The number of hydrogen-bond acceptors (Lipinski definition) is 6. The Morgan fingerprint density at radius 2 is 0.641 bits per heavy atom. The Kier molecular flexibility index (Phi) is 49.0. The van der Waals surface area contributed by atoms with E-state index in [4.69, 9.17) is 14.2 Å². The van der Waals surface area contributed by atoms with E-state index in [1.54, 1.807) is 0 Å². The maximum absolute atomic E-state index is 12.8. The molecule has 0 N–H and O–H groups in total. The fourth-order valence-corrected chi connectivity index (χ4v) is 6.98. The molecule has 6 heteroatoms. The predicted molar refractivity (Wildman–Crippen MR) is 274 cm³/mol. The van der Waals surface area contributed by atoms with Gasteiger partial charge in [-0.1, -0.05) is 227 Å². The summed E-state index contributed by atoms with van der Waals surface area (Å²) in [7, 11) is 0. The monoisotopic (exact) mass is 889 g/mol. The summed E-state index contributed by atoms with van der Waals surface area (Å²) in [6, 6.07) is 0. The van der Waals surface area contributed by atoms with Crippen molar-refractivity contribution < 1.29 is 28.6 Å². The fourth-order valence-electron chi connectivity index (χ4n) is 6.98. The maximum atomic E-state index is 12.8. The second kappa shape index (κ2) is 52.0. The van der Waals surface area contributed by atoms with Gasteiger partial charge in [0.15, 0.2) is 6.10 Å². The molecule has 0 saturated heterocycles. The summed E-state index contributed by atoms with van der Waals surface area (Å²) in [5.41, 5.74) is 0. The first kappa shape index (κ1) is 60.3. The van der Waals surface area contributed by atoms with Crippen LogP contribution in [0.2, 0.25) is 0 Å². The quantitative estimate of drug-likeness (QED) is 0.0262. The fraction of sp³-hybridized carbons (Fsp3) is 0.672. The van der Waals surface area contributed by atoms with Crippen LogP contribution < -0.4 is 0 Å². The van der Waals surface area contributed by atoms with Crippen molar-refractivity contribution in [2.45, 2.75) is 239 Å². The number of esters is 3. The third-order valence-electron chi connectivity index (χ3n) is 10.8. The zero-order chi connectivity index (χ0) is 46.5. The van der Waals surface area contributed by atoms with E-state index in [-0.39, 0.29) is 37.5 Å². The molecule has 0 aromatic rings. The summed E-state index contributed by atoms with van der Waals surface area (Å²) >= 11 is 0. The number of carbonyl (C=O) groups is 3. The van der Waals surface area contributed by atoms with Gasteiger partial charge in [-0.25, -0.2) is 0 Å². The van der Waals surface area contributed by atoms with Crippen molar-refractivity contribution in [1.82, 2.24) is 0 Å². The van der Waals surface area contributed by atoms with Crippen LogP contribution in [-0.2, 0) is 28.6 Å². The Hall–Kier alpha value is -3.67. The van der Waals surface area contributed by atoms with E-state index in [2.05, 4.69) is 106 Å². The molecule has 0 aliphatic carbocycles. The molecule has 6 nitrogen and oxygen atoms in total. The molecule has 0 saturated carbocycles. The average Bonchev–Trinajstić information content (AvgIpc) is 3.29. The summed E-state index contributed by atoms with van der Waals surface area (Å²) in [5, 5.41) is 0. The van der Waals surface area contributed by atoms with Gasteiger partial charge in [-0.3, -0.25) is 14.4 Å². The van der Waals surface area contributed by atoms with Gasteiger partial charge in [0.05, 0.1) is 0 Å². The summed E-state index contributed by atoms with van der Waals surface area (Å²) in [4.78, 5) is 38.0. The van der Waals surface area contributed by atoms with Gasteiger partial charge in [-0.15, -0.1) is 0 Å². The highest BCUT2D eigenvalue weighted by Crippen LogP contribution is 2.15. The van der Waals surface area contributed by atoms with Crippen molar-refractivity contribution in [3.63, 3.8) is 0 Å². The first-order chi connectivity index (χ1) is 31.5. The van der Waals surface area contributed by atoms with Gasteiger partial charge < -0.3 is 14.2 Å². The number of rotatable bonds is 46. The van der Waals surface area contributed by atoms with Gasteiger partial charge in [0.1, 0.15) is 13.2 Å². The van der Waals surface area contributed by atoms with Crippen molar-refractivity contribution in [1.29, 1.82) is 0 Å². The van der Waals surface area contributed by atoms with Crippen LogP contribution in [0, 0.1) is 0 Å². The SMILES string of the molecule is CC/C=C\C/C=C\C/C=C\C/C=C\CCCCCCC(=O)OCC(COC(=O)CC/C=C\C/C=C\C/C=C\C/C=C\CC)OC(=O)CCCCCCCCCCCCCCCCCC. The lowest BCUT2D eigenvalue weighted by Crippen LogP contribution is -2.30. The molecule has 0 fully saturated rings. The third-order valence-corrected chi connectivity index (χ3v) is 10.8. The molecule has 0 aromatic heterocycles. The second-order valence-corrected chi connectivity index (χ2v) is 17.0. The number of ether oxygens (including phenoxy) is 3. The second-order valence-electron chi connectivity index (χ2n) is 17.0. The number of unbranched alkanes of at least 4 members (excludes halogenated alkanes) is 19. The third kappa shape index (κ3) is 49.3. The zero-order valence-electron chi connectivity index (χ0n) is 41.5. The molecule has 0 radical (unpaired) electrons. The van der Waals surface area contributed by atoms with E-state index in [0.29, 0.717) is 19.3 Å². The summed E-state index contributed by atoms with van der Waals surface area (Å²) < 4.78 is 16.7. The lowest BCUT2D eigenvalue weighted by Gasteiger charge is -2.18. The Bertz CT molecular complexity index is 1300. The van der Waals surface area contributed by atoms with Gasteiger partial charge in [0, 0.05) is 19.3 Å². The molecule has 1 atom stereocenters. The molecule has 0 rings (SSSR count). The molecule has 1 unspecified atom stereocenters. The van der Waals surface area contributed by atoms with Gasteiger partial charge >= 0.3 is 17.9 Å². The van der Waals surface area contributed by atoms with Crippen LogP contribution in [0.5, 0.6) is 0 Å². The molecule has 64 heavy (non-hydrogen) atoms. The molecule has 0 aliphatic rings. The number of hydrogen-bond donors (Lipinski definition) is 0. The standard InChI is InChI=1S/C58H96O6/c1-4-7-10-13-16-19-22-25-27-29-31-33-36-39-42-45-48-51-57(60)63-54-55(53-62-56(59)50-47-44-41-38-35-32-24-21-18-15-12-9-6-3)64-58(61)52-49-46-43-40-37-34-30-28-26-23-20-17-14-11-8-5-2/h7,9-10,12,16,18-19,21,25,27,31-33,35,41,44,55H,4-6,8,11,13-15,17,20,22-24,26,28-30,34,36-40,42-43,45-54H2,1-3H3/b10-7-,12-9-,19-16-,21-18-,27-25-,33-31-,35-32-,44-41-. The Balaban J connectivity index is 4.49. The van der Waals surface area contributed by atoms with Gasteiger partial charge in [0.25, 0.3) is 0 Å². The molecular formula is C58H96O6. The van der Waals surface area contributed by atoms with Crippen LogP contribution in [0.3, 0.4) is 0 Å². The van der Waals surface area contributed by atoms with Gasteiger partial charge in [-0.05, 0) is 83.5 Å². The lowest BCUT2D eigenvalue weighted by molar-refractivity contribution is -0.166. The van der Waals surface area contributed by atoms with Crippen molar-refractivity contribution in [2.75, 3.05) is 13.2 Å². The molecule has 364 valence electrons. The van der Waals surface area contributed by atoms with Gasteiger partial charge in [-0.2, -0.15) is 0 Å². The topological polar surface area (TPSA) is 78.9 Å². The minimum absolute atomic E-state index is 0.112. The Morgan fingerprint density at radius 3 is 1.05 bits per heavy atom. The number of carbonyl (C=O) groups excluding carboxylic acids is 3.